The molecule has 1 amide bonds. The van der Waals surface area contributed by atoms with Gasteiger partial charge in [-0.3, -0.25) is 4.79 Å². The standard InChI is InChI=1S/C22H28N2O3S/c1-16-9-6-12-21(18(16)3)23-22(25)19-11-7-13-24(14-19)28(26,27)15-20-10-5-4-8-17(20)2/h4-6,8-10,12,19H,7,11,13-15H2,1-3H3,(H,23,25). The molecule has 2 aromatic carbocycles. The second kappa shape index (κ2) is 8.45. The minimum Gasteiger partial charge on any atom is -0.326 e. The lowest BCUT2D eigenvalue weighted by Crippen LogP contribution is -2.44. The second-order valence-corrected chi connectivity index (χ2v) is 9.59. The van der Waals surface area contributed by atoms with Gasteiger partial charge in [-0.05, 0) is 61.9 Å². The molecule has 0 radical (unpaired) electrons. The highest BCUT2D eigenvalue weighted by atomic mass is 32.2. The van der Waals surface area contributed by atoms with Crippen LogP contribution in [0.25, 0.3) is 0 Å². The van der Waals surface area contributed by atoms with Crippen LogP contribution in [-0.2, 0) is 20.6 Å². The van der Waals surface area contributed by atoms with Gasteiger partial charge in [-0.1, -0.05) is 36.4 Å². The molecule has 3 rings (SSSR count). The summed E-state index contributed by atoms with van der Waals surface area (Å²) in [5.74, 6) is -0.463. The van der Waals surface area contributed by atoms with Crippen molar-refractivity contribution in [3.63, 3.8) is 0 Å². The lowest BCUT2D eigenvalue weighted by Gasteiger charge is -2.31. The maximum atomic E-state index is 12.9. The van der Waals surface area contributed by atoms with Crippen LogP contribution < -0.4 is 5.32 Å². The molecule has 6 heteroatoms. The topological polar surface area (TPSA) is 66.5 Å². The Balaban J connectivity index is 1.70. The monoisotopic (exact) mass is 400 g/mol. The zero-order chi connectivity index (χ0) is 20.3. The van der Waals surface area contributed by atoms with E-state index in [9.17, 15) is 13.2 Å². The average Bonchev–Trinajstić information content (AvgIpc) is 2.67. The van der Waals surface area contributed by atoms with Crippen molar-refractivity contribution in [2.75, 3.05) is 18.4 Å². The summed E-state index contributed by atoms with van der Waals surface area (Å²) in [6, 6.07) is 13.3. The number of anilines is 1. The summed E-state index contributed by atoms with van der Waals surface area (Å²) in [5, 5.41) is 2.99. The van der Waals surface area contributed by atoms with Crippen LogP contribution in [0.15, 0.2) is 42.5 Å². The highest BCUT2D eigenvalue weighted by Crippen LogP contribution is 2.25. The van der Waals surface area contributed by atoms with Gasteiger partial charge in [0.15, 0.2) is 0 Å². The molecule has 1 aliphatic heterocycles. The van der Waals surface area contributed by atoms with E-state index >= 15 is 0 Å². The van der Waals surface area contributed by atoms with Crippen molar-refractivity contribution in [1.29, 1.82) is 0 Å². The van der Waals surface area contributed by atoms with E-state index in [1.165, 1.54) is 4.31 Å². The molecule has 1 unspecified atom stereocenters. The number of rotatable bonds is 5. The lowest BCUT2D eigenvalue weighted by molar-refractivity contribution is -0.120. The first-order valence-electron chi connectivity index (χ1n) is 9.67. The fourth-order valence-electron chi connectivity index (χ4n) is 3.59. The Labute approximate surface area is 167 Å². The predicted octanol–water partition coefficient (Wildman–Crippen LogP) is 3.79. The van der Waals surface area contributed by atoms with Crippen LogP contribution in [-0.4, -0.2) is 31.7 Å². The molecule has 2 aromatic rings. The van der Waals surface area contributed by atoms with Gasteiger partial charge in [0.2, 0.25) is 15.9 Å². The van der Waals surface area contributed by atoms with E-state index in [0.29, 0.717) is 19.4 Å². The van der Waals surface area contributed by atoms with Crippen molar-refractivity contribution in [2.45, 2.75) is 39.4 Å². The molecule has 0 bridgehead atoms. The smallest absolute Gasteiger partial charge is 0.228 e. The lowest BCUT2D eigenvalue weighted by atomic mass is 9.98. The summed E-state index contributed by atoms with van der Waals surface area (Å²) in [4.78, 5) is 12.8. The van der Waals surface area contributed by atoms with Crippen LogP contribution in [0.3, 0.4) is 0 Å². The first-order chi connectivity index (χ1) is 13.3. The third-order valence-corrected chi connectivity index (χ3v) is 7.40. The molecular formula is C22H28N2O3S. The Kier molecular flexibility index (Phi) is 6.20. The zero-order valence-electron chi connectivity index (χ0n) is 16.7. The normalized spacial score (nSPS) is 18.0. The Morgan fingerprint density at radius 3 is 2.54 bits per heavy atom. The minimum absolute atomic E-state index is 0.0228. The van der Waals surface area contributed by atoms with Gasteiger partial charge >= 0.3 is 0 Å². The number of amides is 1. The molecule has 1 heterocycles. The summed E-state index contributed by atoms with van der Waals surface area (Å²) in [7, 11) is -3.46. The van der Waals surface area contributed by atoms with Crippen molar-refractivity contribution >= 4 is 21.6 Å². The van der Waals surface area contributed by atoms with Crippen LogP contribution in [0.5, 0.6) is 0 Å². The maximum Gasteiger partial charge on any atom is 0.228 e. The van der Waals surface area contributed by atoms with Gasteiger partial charge in [-0.15, -0.1) is 0 Å². The second-order valence-electron chi connectivity index (χ2n) is 7.62. The summed E-state index contributed by atoms with van der Waals surface area (Å²) in [6.07, 6.45) is 1.39. The first kappa shape index (κ1) is 20.6. The summed E-state index contributed by atoms with van der Waals surface area (Å²) in [6.45, 7) is 6.62. The van der Waals surface area contributed by atoms with Gasteiger partial charge in [-0.25, -0.2) is 12.7 Å². The Hall–Kier alpha value is -2.18. The van der Waals surface area contributed by atoms with Crippen LogP contribution in [0.2, 0.25) is 0 Å². The van der Waals surface area contributed by atoms with Gasteiger partial charge < -0.3 is 5.32 Å². The Morgan fingerprint density at radius 2 is 1.79 bits per heavy atom. The van der Waals surface area contributed by atoms with Gasteiger partial charge in [-0.2, -0.15) is 0 Å². The highest BCUT2D eigenvalue weighted by molar-refractivity contribution is 7.88. The van der Waals surface area contributed by atoms with Crippen molar-refractivity contribution in [2.24, 2.45) is 5.92 Å². The average molecular weight is 401 g/mol. The van der Waals surface area contributed by atoms with E-state index in [4.69, 9.17) is 0 Å². The van der Waals surface area contributed by atoms with Gasteiger partial charge in [0, 0.05) is 18.8 Å². The van der Waals surface area contributed by atoms with Gasteiger partial charge in [0.05, 0.1) is 11.7 Å². The van der Waals surface area contributed by atoms with Gasteiger partial charge in [0.1, 0.15) is 0 Å². The molecular weight excluding hydrogens is 372 g/mol. The molecule has 5 nitrogen and oxygen atoms in total. The molecule has 0 saturated carbocycles. The quantitative estimate of drug-likeness (QED) is 0.830. The number of nitrogens with one attached hydrogen (secondary N) is 1. The van der Waals surface area contributed by atoms with Crippen molar-refractivity contribution < 1.29 is 13.2 Å². The number of nitrogens with zero attached hydrogens (tertiary/aromatic N) is 1. The van der Waals surface area contributed by atoms with E-state index in [0.717, 1.165) is 27.9 Å². The fourth-order valence-corrected chi connectivity index (χ4v) is 5.30. The molecule has 0 aliphatic carbocycles. The Bertz CT molecular complexity index is 969. The molecule has 1 N–H and O–H groups in total. The highest BCUT2D eigenvalue weighted by Gasteiger charge is 2.32. The van der Waals surface area contributed by atoms with Crippen molar-refractivity contribution in [3.05, 3.63) is 64.7 Å². The summed E-state index contributed by atoms with van der Waals surface area (Å²) < 4.78 is 27.3. The number of carbonyl (C=O) groups excluding carboxylic acids is 1. The van der Waals surface area contributed by atoms with E-state index in [1.54, 1.807) is 0 Å². The number of benzene rings is 2. The van der Waals surface area contributed by atoms with Crippen molar-refractivity contribution in [3.8, 4) is 0 Å². The van der Waals surface area contributed by atoms with Gasteiger partial charge in [0.25, 0.3) is 0 Å². The Morgan fingerprint density at radius 1 is 1.07 bits per heavy atom. The summed E-state index contributed by atoms with van der Waals surface area (Å²) >= 11 is 0. The molecule has 0 aromatic heterocycles. The third kappa shape index (κ3) is 4.62. The van der Waals surface area contributed by atoms with Crippen LogP contribution in [0.4, 0.5) is 5.69 Å². The van der Waals surface area contributed by atoms with Crippen molar-refractivity contribution in [1.82, 2.24) is 4.31 Å². The molecule has 0 spiro atoms. The SMILES string of the molecule is Cc1ccccc1CS(=O)(=O)N1CCCC(C(=O)Nc2cccc(C)c2C)C1. The number of aryl methyl sites for hydroxylation is 2. The van der Waals surface area contributed by atoms with Crippen LogP contribution in [0.1, 0.15) is 35.1 Å². The number of hydrogen-bond donors (Lipinski definition) is 1. The fraction of sp³-hybridized carbons (Fsp3) is 0.409. The largest absolute Gasteiger partial charge is 0.326 e. The van der Waals surface area contributed by atoms with E-state index in [-0.39, 0.29) is 24.1 Å². The predicted molar refractivity (Wildman–Crippen MR) is 113 cm³/mol. The van der Waals surface area contributed by atoms with E-state index in [2.05, 4.69) is 5.32 Å². The molecule has 1 saturated heterocycles. The molecule has 150 valence electrons. The zero-order valence-corrected chi connectivity index (χ0v) is 17.6. The third-order valence-electron chi connectivity index (χ3n) is 5.61. The molecule has 1 aliphatic rings. The van der Waals surface area contributed by atoms with Crippen LogP contribution >= 0.6 is 0 Å². The molecule has 1 fully saturated rings. The number of carbonyl (C=O) groups is 1. The molecule has 1 atom stereocenters. The molecule has 28 heavy (non-hydrogen) atoms. The minimum atomic E-state index is -3.46. The van der Waals surface area contributed by atoms with E-state index < -0.39 is 10.0 Å². The number of hydrogen-bond acceptors (Lipinski definition) is 3. The maximum absolute atomic E-state index is 12.9. The first-order valence-corrected chi connectivity index (χ1v) is 11.3. The van der Waals surface area contributed by atoms with E-state index in [1.807, 2.05) is 63.2 Å². The summed E-state index contributed by atoms with van der Waals surface area (Å²) in [5.41, 5.74) is 4.72. The number of piperidine rings is 1. The number of sulfonamides is 1. The van der Waals surface area contributed by atoms with Crippen LogP contribution in [0, 0.1) is 26.7 Å².